The van der Waals surface area contributed by atoms with Crippen molar-refractivity contribution >= 4 is 38.7 Å². The number of hydrogen-bond acceptors (Lipinski definition) is 8. The number of aliphatic hydroxyl groups excluding tert-OH is 1. The lowest BCUT2D eigenvalue weighted by Crippen LogP contribution is -2.37. The van der Waals surface area contributed by atoms with E-state index in [1.54, 1.807) is 0 Å². The number of nitrogens with one attached hydrogen (secondary N) is 1. The van der Waals surface area contributed by atoms with Gasteiger partial charge in [0, 0.05) is 41.2 Å². The highest BCUT2D eigenvalue weighted by Crippen LogP contribution is 2.39. The number of aliphatic hydroxyl groups is 1. The third-order valence-electron chi connectivity index (χ3n) is 6.19. The third-order valence-corrected chi connectivity index (χ3v) is 7.52. The zero-order chi connectivity index (χ0) is 29.9. The van der Waals surface area contributed by atoms with Crippen LogP contribution >= 0.6 is 11.6 Å². The fraction of sp³-hybridized carbons (Fsp3) is 0.296. The van der Waals surface area contributed by atoms with Crippen LogP contribution in [0.2, 0.25) is 5.02 Å². The molecule has 1 amide bonds. The molecule has 3 aromatic rings. The molecule has 1 unspecified atom stereocenters. The first-order valence-electron chi connectivity index (χ1n) is 12.2. The Morgan fingerprint density at radius 1 is 1.12 bits per heavy atom. The van der Waals surface area contributed by atoms with Crippen molar-refractivity contribution in [3.05, 3.63) is 70.7 Å². The second kappa shape index (κ2) is 12.0. The van der Waals surface area contributed by atoms with Gasteiger partial charge in [0.2, 0.25) is 0 Å². The van der Waals surface area contributed by atoms with E-state index in [4.69, 9.17) is 21.1 Å². The number of ether oxygens (including phenoxy) is 3. The Kier molecular flexibility index (Phi) is 8.90. The number of anilines is 2. The molecule has 41 heavy (non-hydrogen) atoms. The van der Waals surface area contributed by atoms with E-state index in [2.05, 4.69) is 10.1 Å². The third kappa shape index (κ3) is 7.34. The van der Waals surface area contributed by atoms with Gasteiger partial charge in [-0.15, -0.1) is 13.2 Å². The average Bonchev–Trinajstić information content (AvgIpc) is 3.32. The van der Waals surface area contributed by atoms with E-state index >= 15 is 0 Å². The molecule has 0 saturated carbocycles. The first-order valence-corrected chi connectivity index (χ1v) is 14.4. The molecule has 14 heteroatoms. The van der Waals surface area contributed by atoms with Crippen LogP contribution in [0, 0.1) is 0 Å². The minimum Gasteiger partial charge on any atom is -0.497 e. The number of amides is 1. The molecule has 1 aliphatic heterocycles. The van der Waals surface area contributed by atoms with Crippen LogP contribution in [0.5, 0.6) is 17.2 Å². The van der Waals surface area contributed by atoms with Gasteiger partial charge in [-0.1, -0.05) is 23.7 Å². The maximum absolute atomic E-state index is 14.2. The number of fused-ring (bicyclic) bond motifs is 1. The highest BCUT2D eigenvalue weighted by Gasteiger charge is 2.35. The lowest BCUT2D eigenvalue weighted by atomic mass is 10.0. The smallest absolute Gasteiger partial charge is 0.497 e. The summed E-state index contributed by atoms with van der Waals surface area (Å²) in [6, 6.07) is 11.2. The number of benzene rings is 3. The van der Waals surface area contributed by atoms with E-state index in [9.17, 15) is 31.5 Å². The highest BCUT2D eigenvalue weighted by atomic mass is 35.5. The monoisotopic (exact) mass is 614 g/mol. The summed E-state index contributed by atoms with van der Waals surface area (Å²) in [6.07, 6.45) is -3.51. The predicted octanol–water partition coefficient (Wildman–Crippen LogP) is 4.76. The summed E-state index contributed by atoms with van der Waals surface area (Å²) < 4.78 is 78.3. The molecule has 0 bridgehead atoms. The summed E-state index contributed by atoms with van der Waals surface area (Å²) in [5, 5.41) is 12.6. The van der Waals surface area contributed by atoms with Crippen LogP contribution < -0.4 is 24.4 Å². The van der Waals surface area contributed by atoms with Crippen LogP contribution in [0.3, 0.4) is 0 Å². The summed E-state index contributed by atoms with van der Waals surface area (Å²) >= 11 is 6.17. The van der Waals surface area contributed by atoms with E-state index in [1.807, 2.05) is 0 Å². The summed E-state index contributed by atoms with van der Waals surface area (Å²) in [4.78, 5) is 15.4. The minimum atomic E-state index is -4.92. The average molecular weight is 615 g/mol. The van der Waals surface area contributed by atoms with E-state index in [0.29, 0.717) is 12.0 Å². The molecule has 0 fully saturated rings. The molecular weight excluding hydrogens is 589 g/mol. The van der Waals surface area contributed by atoms with Crippen molar-refractivity contribution in [3.8, 4) is 17.2 Å². The lowest BCUT2D eigenvalue weighted by molar-refractivity contribution is -0.274. The van der Waals surface area contributed by atoms with Crippen molar-refractivity contribution in [2.24, 2.45) is 0 Å². The first-order chi connectivity index (χ1) is 19.3. The number of carbonyl (C=O) groups excluding carboxylic acids is 1. The van der Waals surface area contributed by atoms with Crippen molar-refractivity contribution in [2.45, 2.75) is 23.7 Å². The molecule has 0 radical (unpaired) electrons. The molecule has 4 rings (SSSR count). The van der Waals surface area contributed by atoms with Crippen LogP contribution in [0.4, 0.5) is 24.5 Å². The molecule has 0 spiro atoms. The summed E-state index contributed by atoms with van der Waals surface area (Å²) in [5.74, 6) is -0.690. The van der Waals surface area contributed by atoms with E-state index in [0.717, 1.165) is 12.3 Å². The number of alkyl halides is 3. The number of carbonyl (C=O) groups is 1. The van der Waals surface area contributed by atoms with Gasteiger partial charge >= 0.3 is 6.36 Å². The quantitative estimate of drug-likeness (QED) is 0.336. The van der Waals surface area contributed by atoms with Gasteiger partial charge < -0.3 is 29.5 Å². The number of hydrogen-bond donors (Lipinski definition) is 2. The maximum Gasteiger partial charge on any atom is 0.573 e. The van der Waals surface area contributed by atoms with Crippen LogP contribution in [0.1, 0.15) is 17.2 Å². The van der Waals surface area contributed by atoms with E-state index < -0.39 is 33.9 Å². The number of sulfone groups is 1. The molecule has 1 heterocycles. The Bertz CT molecular complexity index is 1550. The molecule has 0 aromatic heterocycles. The van der Waals surface area contributed by atoms with E-state index in [-0.39, 0.29) is 58.1 Å². The standard InChI is InChI=1S/C27H26ClF3N2O7S/c1-38-20-12-18(13-21(14-20)41(2,36)37)32-25(22-6-4-17(28)11-24(22)39-10-9-34)26(35)33-8-7-16-3-5-19(15-23(16)33)40-27(29,30)31/h3-6,11-15,25,32,34H,7-10H2,1-2H3. The summed E-state index contributed by atoms with van der Waals surface area (Å²) in [7, 11) is -2.31. The lowest BCUT2D eigenvalue weighted by Gasteiger charge is -2.28. The molecule has 3 aromatic carbocycles. The van der Waals surface area contributed by atoms with Crippen LogP contribution in [0.25, 0.3) is 0 Å². The molecule has 2 N–H and O–H groups in total. The molecule has 1 aliphatic rings. The van der Waals surface area contributed by atoms with Crippen molar-refractivity contribution < 1.29 is 45.7 Å². The molecule has 220 valence electrons. The minimum absolute atomic E-state index is 0.0705. The van der Waals surface area contributed by atoms with Crippen LogP contribution in [-0.4, -0.2) is 58.9 Å². The largest absolute Gasteiger partial charge is 0.573 e. The summed E-state index contributed by atoms with van der Waals surface area (Å²) in [6.45, 7) is -0.279. The Morgan fingerprint density at radius 3 is 2.54 bits per heavy atom. The second-order valence-electron chi connectivity index (χ2n) is 9.08. The van der Waals surface area contributed by atoms with Gasteiger partial charge in [-0.05, 0) is 42.3 Å². The number of halogens is 4. The van der Waals surface area contributed by atoms with Crippen molar-refractivity contribution in [1.82, 2.24) is 0 Å². The van der Waals surface area contributed by atoms with Crippen LogP contribution in [-0.2, 0) is 21.1 Å². The zero-order valence-electron chi connectivity index (χ0n) is 21.9. The Balaban J connectivity index is 1.81. The Hall–Kier alpha value is -3.68. The summed E-state index contributed by atoms with van der Waals surface area (Å²) in [5.41, 5.74) is 1.37. The van der Waals surface area contributed by atoms with Gasteiger partial charge in [0.1, 0.15) is 29.9 Å². The van der Waals surface area contributed by atoms with Crippen LogP contribution in [0.15, 0.2) is 59.5 Å². The second-order valence-corrected chi connectivity index (χ2v) is 11.5. The van der Waals surface area contributed by atoms with E-state index in [1.165, 1.54) is 60.5 Å². The topological polar surface area (TPSA) is 114 Å². The number of rotatable bonds is 10. The van der Waals surface area contributed by atoms with Crippen molar-refractivity contribution in [1.29, 1.82) is 0 Å². The van der Waals surface area contributed by atoms with Crippen molar-refractivity contribution in [3.63, 3.8) is 0 Å². The number of nitrogens with zero attached hydrogens (tertiary/aromatic N) is 1. The normalized spacial score (nSPS) is 13.9. The fourth-order valence-electron chi connectivity index (χ4n) is 4.39. The molecule has 0 saturated heterocycles. The first kappa shape index (κ1) is 30.3. The van der Waals surface area contributed by atoms with Gasteiger partial charge in [0.15, 0.2) is 9.84 Å². The number of methoxy groups -OCH3 is 1. The molecule has 1 atom stereocenters. The Labute approximate surface area is 239 Å². The maximum atomic E-state index is 14.2. The van der Waals surface area contributed by atoms with Gasteiger partial charge in [-0.25, -0.2) is 8.42 Å². The molecule has 9 nitrogen and oxygen atoms in total. The highest BCUT2D eigenvalue weighted by molar-refractivity contribution is 7.90. The van der Waals surface area contributed by atoms with Gasteiger partial charge in [0.05, 0.1) is 24.3 Å². The molecule has 0 aliphatic carbocycles. The van der Waals surface area contributed by atoms with Gasteiger partial charge in [-0.3, -0.25) is 4.79 Å². The van der Waals surface area contributed by atoms with Gasteiger partial charge in [-0.2, -0.15) is 0 Å². The Morgan fingerprint density at radius 2 is 1.88 bits per heavy atom. The molecular formula is C27H26ClF3N2O7S. The SMILES string of the molecule is COc1cc(NC(C(=O)N2CCc3ccc(OC(F)(F)F)cc32)c2ccc(Cl)cc2OCCO)cc(S(C)(=O)=O)c1. The van der Waals surface area contributed by atoms with Crippen molar-refractivity contribution in [2.75, 3.05) is 43.3 Å². The fourth-order valence-corrected chi connectivity index (χ4v) is 5.23. The van der Waals surface area contributed by atoms with Gasteiger partial charge in [0.25, 0.3) is 5.91 Å². The zero-order valence-corrected chi connectivity index (χ0v) is 23.4. The predicted molar refractivity (Wildman–Crippen MR) is 146 cm³/mol.